The zero-order chi connectivity index (χ0) is 14.5. The first-order valence-electron chi connectivity index (χ1n) is 6.36. The maximum Gasteiger partial charge on any atom is 0.344 e. The van der Waals surface area contributed by atoms with E-state index >= 15 is 0 Å². The van der Waals surface area contributed by atoms with Crippen molar-refractivity contribution in [3.63, 3.8) is 0 Å². The van der Waals surface area contributed by atoms with Crippen LogP contribution in [-0.2, 0) is 14.3 Å². The van der Waals surface area contributed by atoms with E-state index in [1.807, 2.05) is 12.1 Å². The first-order chi connectivity index (χ1) is 9.56. The summed E-state index contributed by atoms with van der Waals surface area (Å²) in [5.41, 5.74) is 0. The van der Waals surface area contributed by atoms with Crippen LogP contribution in [0.2, 0.25) is 0 Å². The first kappa shape index (κ1) is 15.5. The van der Waals surface area contributed by atoms with Gasteiger partial charge in [-0.15, -0.1) is 0 Å². The van der Waals surface area contributed by atoms with E-state index in [9.17, 15) is 9.59 Å². The van der Waals surface area contributed by atoms with Gasteiger partial charge < -0.3 is 9.47 Å². The Morgan fingerprint density at radius 1 is 1.30 bits per heavy atom. The molecular weight excluding hydrogens is 392 g/mol. The lowest BCUT2D eigenvalue weighted by Gasteiger charge is -2.20. The van der Waals surface area contributed by atoms with Crippen molar-refractivity contribution in [1.29, 1.82) is 0 Å². The van der Waals surface area contributed by atoms with Gasteiger partial charge in [-0.1, -0.05) is 15.9 Å². The lowest BCUT2D eigenvalue weighted by molar-refractivity contribution is -0.158. The van der Waals surface area contributed by atoms with Crippen LogP contribution in [0.25, 0.3) is 0 Å². The van der Waals surface area contributed by atoms with E-state index in [2.05, 4.69) is 31.9 Å². The van der Waals surface area contributed by atoms with E-state index < -0.39 is 12.1 Å². The molecule has 1 aliphatic carbocycles. The molecule has 0 N–H and O–H groups in total. The third kappa shape index (κ3) is 4.31. The molecule has 1 aromatic rings. The highest BCUT2D eigenvalue weighted by Crippen LogP contribution is 2.28. The molecule has 1 saturated carbocycles. The predicted octanol–water partition coefficient (Wildman–Crippen LogP) is 3.65. The second-order valence-corrected chi connectivity index (χ2v) is 6.32. The molecule has 0 radical (unpaired) electrons. The van der Waals surface area contributed by atoms with Gasteiger partial charge in [0.2, 0.25) is 0 Å². The Kier molecular flexibility index (Phi) is 5.60. The summed E-state index contributed by atoms with van der Waals surface area (Å²) >= 11 is 6.68. The van der Waals surface area contributed by atoms with Crippen molar-refractivity contribution in [3.05, 3.63) is 27.1 Å². The number of hydrogen-bond acceptors (Lipinski definition) is 4. The third-order valence-corrected chi connectivity index (χ3v) is 4.12. The summed E-state index contributed by atoms with van der Waals surface area (Å²) in [6, 6.07) is 5.38. The number of ketones is 1. The van der Waals surface area contributed by atoms with E-state index in [-0.39, 0.29) is 12.4 Å². The average molecular weight is 406 g/mol. The Labute approximate surface area is 134 Å². The SMILES string of the molecule is O=C(COc1ccc(Br)cc1Br)O[C@@H]1CCCCC1=O. The minimum atomic E-state index is -0.590. The smallest absolute Gasteiger partial charge is 0.344 e. The topological polar surface area (TPSA) is 52.6 Å². The molecule has 1 aliphatic rings. The van der Waals surface area contributed by atoms with Gasteiger partial charge in [0.25, 0.3) is 0 Å². The number of Topliss-reactive ketones (excluding diaryl/α,β-unsaturated/α-hetero) is 1. The number of benzene rings is 1. The molecule has 1 fully saturated rings. The number of rotatable bonds is 4. The van der Waals surface area contributed by atoms with E-state index in [1.54, 1.807) is 6.07 Å². The highest BCUT2D eigenvalue weighted by atomic mass is 79.9. The Bertz CT molecular complexity index is 516. The lowest BCUT2D eigenvalue weighted by atomic mass is 9.96. The fourth-order valence-corrected chi connectivity index (χ4v) is 3.16. The number of carbonyl (C=O) groups excluding carboxylic acids is 2. The predicted molar refractivity (Wildman–Crippen MR) is 80.7 cm³/mol. The molecule has 1 aromatic carbocycles. The minimum absolute atomic E-state index is 0.00872. The van der Waals surface area contributed by atoms with Gasteiger partial charge in [-0.25, -0.2) is 4.79 Å². The fourth-order valence-electron chi connectivity index (χ4n) is 2.00. The van der Waals surface area contributed by atoms with Crippen molar-refractivity contribution >= 4 is 43.6 Å². The fraction of sp³-hybridized carbons (Fsp3) is 0.429. The molecule has 2 rings (SSSR count). The average Bonchev–Trinajstić information content (AvgIpc) is 2.40. The second-order valence-electron chi connectivity index (χ2n) is 4.55. The summed E-state index contributed by atoms with van der Waals surface area (Å²) < 4.78 is 12.2. The van der Waals surface area contributed by atoms with Crippen LogP contribution >= 0.6 is 31.9 Å². The van der Waals surface area contributed by atoms with Gasteiger partial charge in [-0.05, 0) is 53.4 Å². The van der Waals surface area contributed by atoms with Crippen molar-refractivity contribution in [3.8, 4) is 5.75 Å². The normalized spacial score (nSPS) is 18.7. The highest BCUT2D eigenvalue weighted by Gasteiger charge is 2.25. The molecule has 6 heteroatoms. The Morgan fingerprint density at radius 3 is 2.80 bits per heavy atom. The van der Waals surface area contributed by atoms with Gasteiger partial charge in [0, 0.05) is 10.9 Å². The number of carbonyl (C=O) groups is 2. The molecule has 0 unspecified atom stereocenters. The molecule has 0 aliphatic heterocycles. The highest BCUT2D eigenvalue weighted by molar-refractivity contribution is 9.11. The van der Waals surface area contributed by atoms with Crippen LogP contribution in [0.3, 0.4) is 0 Å². The number of hydrogen-bond donors (Lipinski definition) is 0. The Balaban J connectivity index is 1.84. The van der Waals surface area contributed by atoms with Crippen LogP contribution in [-0.4, -0.2) is 24.5 Å². The third-order valence-electron chi connectivity index (χ3n) is 3.01. The summed E-state index contributed by atoms with van der Waals surface area (Å²) in [7, 11) is 0. The van der Waals surface area contributed by atoms with Gasteiger partial charge >= 0.3 is 5.97 Å². The van der Waals surface area contributed by atoms with Crippen LogP contribution in [0.15, 0.2) is 27.1 Å². The quantitative estimate of drug-likeness (QED) is 0.717. The molecule has 0 heterocycles. The molecule has 0 amide bonds. The molecular formula is C14H14Br2O4. The summed E-state index contributed by atoms with van der Waals surface area (Å²) in [6.45, 7) is -0.204. The maximum atomic E-state index is 11.7. The molecule has 0 spiro atoms. The van der Waals surface area contributed by atoms with Crippen molar-refractivity contribution in [2.45, 2.75) is 31.8 Å². The van der Waals surface area contributed by atoms with Crippen LogP contribution in [0.4, 0.5) is 0 Å². The summed E-state index contributed by atoms with van der Waals surface area (Å²) in [4.78, 5) is 23.2. The molecule has 108 valence electrons. The van der Waals surface area contributed by atoms with Crippen LogP contribution in [0, 0.1) is 0 Å². The number of esters is 1. The number of ether oxygens (including phenoxy) is 2. The van der Waals surface area contributed by atoms with Crippen LogP contribution in [0.5, 0.6) is 5.75 Å². The van der Waals surface area contributed by atoms with Crippen molar-refractivity contribution in [2.24, 2.45) is 0 Å². The minimum Gasteiger partial charge on any atom is -0.481 e. The van der Waals surface area contributed by atoms with Crippen molar-refractivity contribution in [1.82, 2.24) is 0 Å². The van der Waals surface area contributed by atoms with Gasteiger partial charge in [0.05, 0.1) is 4.47 Å². The van der Waals surface area contributed by atoms with E-state index in [1.165, 1.54) is 0 Å². The zero-order valence-electron chi connectivity index (χ0n) is 10.7. The maximum absolute atomic E-state index is 11.7. The zero-order valence-corrected chi connectivity index (χ0v) is 13.9. The lowest BCUT2D eigenvalue weighted by Crippen LogP contribution is -2.32. The van der Waals surface area contributed by atoms with Crippen LogP contribution in [0.1, 0.15) is 25.7 Å². The molecule has 0 bridgehead atoms. The molecule has 4 nitrogen and oxygen atoms in total. The summed E-state index contributed by atoms with van der Waals surface area (Å²) in [6.07, 6.45) is 2.33. The molecule has 0 aromatic heterocycles. The van der Waals surface area contributed by atoms with Crippen LogP contribution < -0.4 is 4.74 Å². The van der Waals surface area contributed by atoms with Gasteiger partial charge in [-0.3, -0.25) is 4.79 Å². The molecule has 0 saturated heterocycles. The standard InChI is InChI=1S/C14H14Br2O4/c15-9-5-6-12(10(16)7-9)19-8-14(18)20-13-4-2-1-3-11(13)17/h5-7,13H,1-4,8H2/t13-/m1/s1. The monoisotopic (exact) mass is 404 g/mol. The van der Waals surface area contributed by atoms with Gasteiger partial charge in [0.15, 0.2) is 18.5 Å². The van der Waals surface area contributed by atoms with Gasteiger partial charge in [0.1, 0.15) is 5.75 Å². The second kappa shape index (κ2) is 7.22. The molecule has 1 atom stereocenters. The van der Waals surface area contributed by atoms with Crippen molar-refractivity contribution < 1.29 is 19.1 Å². The number of halogens is 2. The van der Waals surface area contributed by atoms with E-state index in [0.717, 1.165) is 21.8 Å². The Hall–Kier alpha value is -0.880. The Morgan fingerprint density at radius 2 is 2.10 bits per heavy atom. The first-order valence-corrected chi connectivity index (χ1v) is 7.95. The van der Waals surface area contributed by atoms with E-state index in [0.29, 0.717) is 18.6 Å². The molecule has 20 heavy (non-hydrogen) atoms. The largest absolute Gasteiger partial charge is 0.481 e. The van der Waals surface area contributed by atoms with E-state index in [4.69, 9.17) is 9.47 Å². The summed E-state index contributed by atoms with van der Waals surface area (Å²) in [5.74, 6) is 0.0506. The van der Waals surface area contributed by atoms with Gasteiger partial charge in [-0.2, -0.15) is 0 Å². The summed E-state index contributed by atoms with van der Waals surface area (Å²) in [5, 5.41) is 0. The van der Waals surface area contributed by atoms with Crippen molar-refractivity contribution in [2.75, 3.05) is 6.61 Å².